The SMILES string of the molecule is C=C.CC(C)OC=O.CCNP(OCC1CCC(n2cnc3c(N)ncnc32)O1)Oc1ccc2ccccc2c1. The molecule has 0 aliphatic carbocycles. The van der Waals surface area contributed by atoms with Crippen LogP contribution in [-0.4, -0.2) is 51.4 Å². The number of imidazole rings is 1. The zero-order valence-corrected chi connectivity index (χ0v) is 24.0. The normalized spacial score (nSPS) is 17.0. The van der Waals surface area contributed by atoms with Gasteiger partial charge in [0.2, 0.25) is 0 Å². The average molecular weight is 569 g/mol. The van der Waals surface area contributed by atoms with E-state index in [9.17, 15) is 4.79 Å². The largest absolute Gasteiger partial charge is 0.465 e. The molecule has 214 valence electrons. The molecule has 1 fully saturated rings. The minimum Gasteiger partial charge on any atom is -0.465 e. The molecule has 40 heavy (non-hydrogen) atoms. The van der Waals surface area contributed by atoms with Crippen LogP contribution in [0.25, 0.3) is 21.9 Å². The summed E-state index contributed by atoms with van der Waals surface area (Å²) in [6, 6.07) is 14.3. The first-order valence-corrected chi connectivity index (χ1v) is 14.2. The molecule has 0 radical (unpaired) electrons. The molecule has 3 heterocycles. The standard InChI is InChI=1S/C22H25N6O3P.C4H8O2.C2H4/c1-2-27-32(31-17-8-7-15-5-3-4-6-16(15)11-17)29-12-18-9-10-19(30-18)28-14-26-20-21(23)24-13-25-22(20)28;1-4(2)6-3-5;1-2/h3-8,11,13-14,18-19,27H,2,9-10,12H2,1H3,(H2,23,24,25);3-4H,1-2H3;1-2H2. The lowest BCUT2D eigenvalue weighted by atomic mass is 10.1. The molecule has 5 rings (SSSR count). The summed E-state index contributed by atoms with van der Waals surface area (Å²) >= 11 is 0. The molecule has 1 aliphatic rings. The predicted octanol–water partition coefficient (Wildman–Crippen LogP) is 5.54. The molecule has 2 aromatic carbocycles. The Kier molecular flexibility index (Phi) is 12.2. The first-order valence-electron chi connectivity index (χ1n) is 13.0. The molecule has 1 saturated heterocycles. The number of rotatable bonds is 10. The van der Waals surface area contributed by atoms with Crippen LogP contribution in [0.1, 0.15) is 39.8 Å². The molecule has 0 saturated carbocycles. The van der Waals surface area contributed by atoms with Gasteiger partial charge in [-0.2, -0.15) is 0 Å². The second-order valence-corrected chi connectivity index (χ2v) is 10.1. The third-order valence-corrected chi connectivity index (χ3v) is 7.02. The number of nitrogens with one attached hydrogen (secondary N) is 1. The summed E-state index contributed by atoms with van der Waals surface area (Å²) in [7, 11) is -1.29. The van der Waals surface area contributed by atoms with Gasteiger partial charge in [-0.25, -0.2) is 20.0 Å². The number of carbonyl (C=O) groups is 1. The number of benzene rings is 2. The van der Waals surface area contributed by atoms with Gasteiger partial charge in [-0.15, -0.1) is 13.2 Å². The van der Waals surface area contributed by atoms with Crippen LogP contribution in [0.5, 0.6) is 5.75 Å². The Morgan fingerprint density at radius 1 is 1.18 bits per heavy atom. The van der Waals surface area contributed by atoms with Crippen molar-refractivity contribution in [2.24, 2.45) is 0 Å². The summed E-state index contributed by atoms with van der Waals surface area (Å²) in [6.45, 7) is 13.3. The van der Waals surface area contributed by atoms with Crippen LogP contribution in [-0.2, 0) is 18.8 Å². The van der Waals surface area contributed by atoms with E-state index in [0.717, 1.165) is 30.5 Å². The van der Waals surface area contributed by atoms with Crippen LogP contribution < -0.4 is 15.3 Å². The molecule has 4 aromatic rings. The van der Waals surface area contributed by atoms with E-state index >= 15 is 0 Å². The second kappa shape index (κ2) is 15.8. The fourth-order valence-electron chi connectivity index (χ4n) is 3.91. The Labute approximate surface area is 235 Å². The zero-order chi connectivity index (χ0) is 28.9. The summed E-state index contributed by atoms with van der Waals surface area (Å²) < 4.78 is 24.7. The Morgan fingerprint density at radius 3 is 2.65 bits per heavy atom. The highest BCUT2D eigenvalue weighted by molar-refractivity contribution is 7.45. The van der Waals surface area contributed by atoms with Crippen LogP contribution >= 0.6 is 8.53 Å². The average Bonchev–Trinajstić information content (AvgIpc) is 3.61. The molecule has 0 bridgehead atoms. The van der Waals surface area contributed by atoms with Gasteiger partial charge in [-0.3, -0.25) is 9.36 Å². The minimum absolute atomic E-state index is 0.0301. The third-order valence-electron chi connectivity index (χ3n) is 5.68. The molecular formula is C28H37N6O5P. The van der Waals surface area contributed by atoms with Gasteiger partial charge in [0.15, 0.2) is 11.5 Å². The fraction of sp³-hybridized carbons (Fsp3) is 0.357. The van der Waals surface area contributed by atoms with Gasteiger partial charge in [0.1, 0.15) is 23.8 Å². The number of nitrogens with zero attached hydrogens (tertiary/aromatic N) is 4. The van der Waals surface area contributed by atoms with Crippen LogP contribution in [0.15, 0.2) is 68.3 Å². The van der Waals surface area contributed by atoms with E-state index in [1.165, 1.54) is 11.7 Å². The van der Waals surface area contributed by atoms with Gasteiger partial charge in [-0.05, 0) is 49.6 Å². The van der Waals surface area contributed by atoms with E-state index in [4.69, 9.17) is 19.5 Å². The van der Waals surface area contributed by atoms with E-state index in [0.29, 0.717) is 30.1 Å². The van der Waals surface area contributed by atoms with Crippen molar-refractivity contribution < 1.29 is 23.3 Å². The number of anilines is 1. The first-order chi connectivity index (χ1) is 19.5. The van der Waals surface area contributed by atoms with Crippen LogP contribution in [0.4, 0.5) is 5.82 Å². The molecule has 0 amide bonds. The van der Waals surface area contributed by atoms with E-state index in [2.05, 4.69) is 56.1 Å². The Bertz CT molecular complexity index is 1350. The van der Waals surface area contributed by atoms with Crippen LogP contribution in [0.2, 0.25) is 0 Å². The van der Waals surface area contributed by atoms with Crippen LogP contribution in [0, 0.1) is 0 Å². The van der Waals surface area contributed by atoms with Gasteiger partial charge in [0.25, 0.3) is 6.47 Å². The summed E-state index contributed by atoms with van der Waals surface area (Å²) in [5.41, 5.74) is 7.16. The first kappa shape index (κ1) is 30.9. The Hall–Kier alpha value is -3.63. The van der Waals surface area contributed by atoms with Crippen molar-refractivity contribution in [2.75, 3.05) is 18.9 Å². The van der Waals surface area contributed by atoms with Gasteiger partial charge in [0, 0.05) is 6.54 Å². The molecule has 3 atom stereocenters. The van der Waals surface area contributed by atoms with Crippen molar-refractivity contribution in [3.8, 4) is 5.75 Å². The zero-order valence-electron chi connectivity index (χ0n) is 23.1. The topological polar surface area (TPSA) is 136 Å². The highest BCUT2D eigenvalue weighted by Crippen LogP contribution is 2.38. The van der Waals surface area contributed by atoms with Crippen molar-refractivity contribution in [3.63, 3.8) is 0 Å². The monoisotopic (exact) mass is 568 g/mol. The van der Waals surface area contributed by atoms with Crippen molar-refractivity contribution in [2.45, 2.75) is 52.0 Å². The van der Waals surface area contributed by atoms with Crippen molar-refractivity contribution >= 4 is 42.8 Å². The molecular weight excluding hydrogens is 531 g/mol. The molecule has 3 unspecified atom stereocenters. The molecule has 12 heteroatoms. The lowest BCUT2D eigenvalue weighted by molar-refractivity contribution is -0.131. The van der Waals surface area contributed by atoms with Gasteiger partial charge < -0.3 is 24.3 Å². The van der Waals surface area contributed by atoms with Crippen molar-refractivity contribution in [1.29, 1.82) is 0 Å². The maximum Gasteiger partial charge on any atom is 0.318 e. The predicted molar refractivity (Wildman–Crippen MR) is 158 cm³/mol. The number of aromatic nitrogens is 4. The van der Waals surface area contributed by atoms with E-state index < -0.39 is 8.53 Å². The minimum atomic E-state index is -1.29. The number of ether oxygens (including phenoxy) is 2. The third kappa shape index (κ3) is 8.43. The summed E-state index contributed by atoms with van der Waals surface area (Å²) in [6.07, 6.45) is 4.69. The second-order valence-electron chi connectivity index (χ2n) is 8.82. The molecule has 3 N–H and O–H groups in total. The van der Waals surface area contributed by atoms with Crippen LogP contribution in [0.3, 0.4) is 0 Å². The smallest absolute Gasteiger partial charge is 0.318 e. The fourth-order valence-corrected chi connectivity index (χ4v) is 4.98. The Balaban J connectivity index is 0.000000491. The Morgan fingerprint density at radius 2 is 1.95 bits per heavy atom. The van der Waals surface area contributed by atoms with Crippen molar-refractivity contribution in [1.82, 2.24) is 24.6 Å². The van der Waals surface area contributed by atoms with E-state index in [-0.39, 0.29) is 18.4 Å². The lowest BCUT2D eigenvalue weighted by Gasteiger charge is -2.20. The maximum atomic E-state index is 9.39. The van der Waals surface area contributed by atoms with E-state index in [1.807, 2.05) is 35.8 Å². The van der Waals surface area contributed by atoms with Gasteiger partial charge >= 0.3 is 8.53 Å². The number of fused-ring (bicyclic) bond motifs is 2. The number of hydrogen-bond acceptors (Lipinski definition) is 10. The number of hydrogen-bond donors (Lipinski definition) is 2. The maximum absolute atomic E-state index is 9.39. The van der Waals surface area contributed by atoms with E-state index in [1.54, 1.807) is 20.2 Å². The number of carbonyl (C=O) groups excluding carboxylic acids is 1. The molecule has 0 spiro atoms. The molecule has 2 aromatic heterocycles. The number of nitrogen functional groups attached to an aromatic ring is 1. The highest BCUT2D eigenvalue weighted by atomic mass is 31.2. The van der Waals surface area contributed by atoms with Gasteiger partial charge in [0.05, 0.1) is 25.1 Å². The summed E-state index contributed by atoms with van der Waals surface area (Å²) in [5, 5.41) is 5.60. The number of nitrogens with two attached hydrogens (primary N) is 1. The molecule has 1 aliphatic heterocycles. The highest BCUT2D eigenvalue weighted by Gasteiger charge is 2.29. The van der Waals surface area contributed by atoms with Gasteiger partial charge in [-0.1, -0.05) is 37.3 Å². The quantitative estimate of drug-likeness (QED) is 0.143. The summed E-state index contributed by atoms with van der Waals surface area (Å²) in [5.74, 6) is 1.15. The van der Waals surface area contributed by atoms with Crippen molar-refractivity contribution in [3.05, 3.63) is 68.3 Å². The lowest BCUT2D eigenvalue weighted by Crippen LogP contribution is -2.19. The molecule has 11 nitrogen and oxygen atoms in total. The summed E-state index contributed by atoms with van der Waals surface area (Å²) in [4.78, 5) is 22.0.